The van der Waals surface area contributed by atoms with E-state index in [2.05, 4.69) is 4.98 Å². The third kappa shape index (κ3) is 3.03. The second-order valence-electron chi connectivity index (χ2n) is 6.27. The van der Waals surface area contributed by atoms with Crippen molar-refractivity contribution in [3.05, 3.63) is 34.5 Å². The van der Waals surface area contributed by atoms with Crippen LogP contribution in [0.1, 0.15) is 11.1 Å². The molecule has 1 saturated heterocycles. The average molecular weight is 384 g/mol. The van der Waals surface area contributed by atoms with Crippen molar-refractivity contribution in [3.63, 3.8) is 0 Å². The first-order valence-corrected chi connectivity index (χ1v) is 8.04. The molecule has 9 heteroatoms. The van der Waals surface area contributed by atoms with Crippen LogP contribution in [0.4, 0.5) is 18.9 Å². The number of carboxylic acids is 1. The van der Waals surface area contributed by atoms with Gasteiger partial charge in [-0.05, 0) is 24.6 Å². The zero-order valence-corrected chi connectivity index (χ0v) is 14.3. The zero-order chi connectivity index (χ0) is 19.2. The van der Waals surface area contributed by atoms with Gasteiger partial charge >= 0.3 is 12.1 Å². The third-order valence-electron chi connectivity index (χ3n) is 4.53. The minimum Gasteiger partial charge on any atom is -0.481 e. The summed E-state index contributed by atoms with van der Waals surface area (Å²) >= 11 is 6.18. The summed E-state index contributed by atoms with van der Waals surface area (Å²) in [6, 6.07) is 5.27. The van der Waals surface area contributed by atoms with E-state index in [4.69, 9.17) is 11.6 Å². The minimum atomic E-state index is -4.65. The van der Waals surface area contributed by atoms with Crippen LogP contribution in [-0.4, -0.2) is 35.3 Å². The standard InChI is InChI=1S/C17H13ClF3N3O2/c1-8-2-10-14(13(18)3-8)23-5-9(4-22)15(10)24-6-11(16(25)26)12(7-24)17(19,20)21/h2-3,5,11-12H,6-7H2,1H3,(H,25,26)/t11-,12-/m1/s1. The van der Waals surface area contributed by atoms with E-state index in [9.17, 15) is 28.3 Å². The van der Waals surface area contributed by atoms with E-state index in [1.54, 1.807) is 19.1 Å². The van der Waals surface area contributed by atoms with Crippen LogP contribution in [0.3, 0.4) is 0 Å². The molecule has 1 N–H and O–H groups in total. The van der Waals surface area contributed by atoms with Crippen molar-refractivity contribution in [3.8, 4) is 6.07 Å². The molecule has 0 spiro atoms. The number of nitrogens with zero attached hydrogens (tertiary/aromatic N) is 3. The fourth-order valence-electron chi connectivity index (χ4n) is 3.37. The Hall–Kier alpha value is -2.53. The van der Waals surface area contributed by atoms with Crippen molar-refractivity contribution in [1.82, 2.24) is 4.98 Å². The van der Waals surface area contributed by atoms with E-state index in [0.29, 0.717) is 15.9 Å². The van der Waals surface area contributed by atoms with Gasteiger partial charge in [0, 0.05) is 24.7 Å². The third-order valence-corrected chi connectivity index (χ3v) is 4.82. The number of alkyl halides is 3. The molecule has 2 atom stereocenters. The Labute approximate surface area is 151 Å². The summed E-state index contributed by atoms with van der Waals surface area (Å²) in [7, 11) is 0. The van der Waals surface area contributed by atoms with E-state index < -0.39 is 30.5 Å². The van der Waals surface area contributed by atoms with Crippen molar-refractivity contribution >= 4 is 34.2 Å². The molecule has 1 aromatic heterocycles. The molecule has 0 unspecified atom stereocenters. The molecule has 0 radical (unpaired) electrons. The molecule has 1 aliphatic rings. The van der Waals surface area contributed by atoms with E-state index in [1.165, 1.54) is 11.1 Å². The van der Waals surface area contributed by atoms with E-state index in [-0.39, 0.29) is 17.8 Å². The lowest BCUT2D eigenvalue weighted by atomic mass is 9.96. The first kappa shape index (κ1) is 18.3. The quantitative estimate of drug-likeness (QED) is 0.854. The molecule has 1 aliphatic heterocycles. The molecule has 26 heavy (non-hydrogen) atoms. The number of halogens is 4. The van der Waals surface area contributed by atoms with Crippen LogP contribution in [0.15, 0.2) is 18.3 Å². The molecule has 1 aromatic carbocycles. The van der Waals surface area contributed by atoms with Gasteiger partial charge in [0.1, 0.15) is 6.07 Å². The maximum Gasteiger partial charge on any atom is 0.394 e. The normalized spacial score (nSPS) is 20.4. The summed E-state index contributed by atoms with van der Waals surface area (Å²) in [6.07, 6.45) is -3.41. The Kier molecular flexibility index (Phi) is 4.44. The Morgan fingerprint density at radius 2 is 2.12 bits per heavy atom. The molecule has 1 fully saturated rings. The fraction of sp³-hybridized carbons (Fsp3) is 0.353. The number of anilines is 1. The lowest BCUT2D eigenvalue weighted by molar-refractivity contribution is -0.187. The number of benzene rings is 1. The van der Waals surface area contributed by atoms with Crippen LogP contribution in [0, 0.1) is 30.1 Å². The van der Waals surface area contributed by atoms with Crippen molar-refractivity contribution in [2.75, 3.05) is 18.0 Å². The first-order chi connectivity index (χ1) is 12.1. The van der Waals surface area contributed by atoms with Crippen LogP contribution in [-0.2, 0) is 4.79 Å². The number of nitriles is 1. The van der Waals surface area contributed by atoms with Crippen LogP contribution in [0.5, 0.6) is 0 Å². The van der Waals surface area contributed by atoms with Gasteiger partial charge in [0.05, 0.1) is 33.6 Å². The minimum absolute atomic E-state index is 0.0751. The lowest BCUT2D eigenvalue weighted by Gasteiger charge is -2.22. The molecule has 2 aromatic rings. The molecule has 0 bridgehead atoms. The maximum absolute atomic E-state index is 13.3. The monoisotopic (exact) mass is 383 g/mol. The number of hydrogen-bond donors (Lipinski definition) is 1. The van der Waals surface area contributed by atoms with Gasteiger partial charge < -0.3 is 10.0 Å². The number of carboxylic acid groups (broad SMARTS) is 1. The smallest absolute Gasteiger partial charge is 0.394 e. The molecular weight excluding hydrogens is 371 g/mol. The number of aromatic nitrogens is 1. The van der Waals surface area contributed by atoms with Crippen LogP contribution < -0.4 is 4.90 Å². The molecule has 0 amide bonds. The summed E-state index contributed by atoms with van der Waals surface area (Å²) in [5.74, 6) is -5.14. The Bertz CT molecular complexity index is 939. The predicted molar refractivity (Wildman–Crippen MR) is 89.1 cm³/mol. The first-order valence-electron chi connectivity index (χ1n) is 7.67. The summed E-state index contributed by atoms with van der Waals surface area (Å²) in [4.78, 5) is 16.8. The van der Waals surface area contributed by atoms with Gasteiger partial charge in [-0.25, -0.2) is 0 Å². The largest absolute Gasteiger partial charge is 0.481 e. The van der Waals surface area contributed by atoms with Gasteiger partial charge in [0.15, 0.2) is 0 Å². The highest BCUT2D eigenvalue weighted by Gasteiger charge is 2.53. The number of carbonyl (C=O) groups is 1. The number of fused-ring (bicyclic) bond motifs is 1. The van der Waals surface area contributed by atoms with Crippen molar-refractivity contribution < 1.29 is 23.1 Å². The highest BCUT2D eigenvalue weighted by molar-refractivity contribution is 6.35. The molecule has 136 valence electrons. The maximum atomic E-state index is 13.3. The Balaban J connectivity index is 2.19. The second kappa shape index (κ2) is 6.32. The topological polar surface area (TPSA) is 77.2 Å². The molecular formula is C17H13ClF3N3O2. The Morgan fingerprint density at radius 1 is 1.42 bits per heavy atom. The van der Waals surface area contributed by atoms with E-state index >= 15 is 0 Å². The van der Waals surface area contributed by atoms with Gasteiger partial charge in [0.25, 0.3) is 0 Å². The lowest BCUT2D eigenvalue weighted by Crippen LogP contribution is -2.33. The van der Waals surface area contributed by atoms with E-state index in [1.807, 2.05) is 6.07 Å². The zero-order valence-electron chi connectivity index (χ0n) is 13.5. The van der Waals surface area contributed by atoms with Crippen molar-refractivity contribution in [2.45, 2.75) is 13.1 Å². The van der Waals surface area contributed by atoms with Crippen LogP contribution in [0.25, 0.3) is 10.9 Å². The van der Waals surface area contributed by atoms with Gasteiger partial charge in [-0.3, -0.25) is 9.78 Å². The van der Waals surface area contributed by atoms with Crippen molar-refractivity contribution in [1.29, 1.82) is 5.26 Å². The summed E-state index contributed by atoms with van der Waals surface area (Å²) in [5.41, 5.74) is 1.42. The van der Waals surface area contributed by atoms with Crippen LogP contribution in [0.2, 0.25) is 5.02 Å². The molecule has 0 aliphatic carbocycles. The number of rotatable bonds is 2. The van der Waals surface area contributed by atoms with Gasteiger partial charge in [0.2, 0.25) is 0 Å². The van der Waals surface area contributed by atoms with E-state index in [0.717, 1.165) is 5.56 Å². The van der Waals surface area contributed by atoms with Gasteiger partial charge in [-0.1, -0.05) is 11.6 Å². The summed E-state index contributed by atoms with van der Waals surface area (Å²) < 4.78 is 39.9. The fourth-order valence-corrected chi connectivity index (χ4v) is 3.70. The number of aryl methyl sites for hydroxylation is 1. The van der Waals surface area contributed by atoms with Gasteiger partial charge in [-0.2, -0.15) is 18.4 Å². The SMILES string of the molecule is Cc1cc(Cl)c2ncc(C#N)c(N3C[C@@H](C(F)(F)F)[C@H](C(=O)O)C3)c2c1. The summed E-state index contributed by atoms with van der Waals surface area (Å²) in [6.45, 7) is 0.870. The Morgan fingerprint density at radius 3 is 2.65 bits per heavy atom. The van der Waals surface area contributed by atoms with Gasteiger partial charge in [-0.15, -0.1) is 0 Å². The highest BCUT2D eigenvalue weighted by atomic mass is 35.5. The number of aliphatic carboxylic acids is 1. The number of pyridine rings is 1. The number of hydrogen-bond acceptors (Lipinski definition) is 4. The highest BCUT2D eigenvalue weighted by Crippen LogP contribution is 2.42. The molecule has 0 saturated carbocycles. The molecule has 3 rings (SSSR count). The summed E-state index contributed by atoms with van der Waals surface area (Å²) in [5, 5.41) is 19.3. The van der Waals surface area contributed by atoms with Crippen molar-refractivity contribution in [2.24, 2.45) is 11.8 Å². The molecule has 5 nitrogen and oxygen atoms in total. The predicted octanol–water partition coefficient (Wildman–Crippen LogP) is 3.77. The average Bonchev–Trinajstić information content (AvgIpc) is 2.99. The molecule has 2 heterocycles. The van der Waals surface area contributed by atoms with Crippen LogP contribution >= 0.6 is 11.6 Å². The second-order valence-corrected chi connectivity index (χ2v) is 6.68.